The molecule has 1 atom stereocenters. The van der Waals surface area contributed by atoms with Gasteiger partial charge in [-0.3, -0.25) is 4.79 Å². The van der Waals surface area contributed by atoms with E-state index in [1.54, 1.807) is 6.07 Å². The number of carbonyl (C=O) groups excluding carboxylic acids is 1. The number of likely N-dealkylation sites (tertiary alicyclic amines) is 1. The molecular formula is C13H17FN2O2. The molecule has 1 fully saturated rings. The lowest BCUT2D eigenvalue weighted by Crippen LogP contribution is -2.36. The number of ether oxygens (including phenoxy) is 1. The Kier molecular flexibility index (Phi) is 3.81. The van der Waals surface area contributed by atoms with Gasteiger partial charge in [0.15, 0.2) is 0 Å². The summed E-state index contributed by atoms with van der Waals surface area (Å²) in [6.07, 6.45) is 0.903. The first-order chi connectivity index (χ1) is 8.60. The number of hydrogen-bond donors (Lipinski definition) is 1. The summed E-state index contributed by atoms with van der Waals surface area (Å²) >= 11 is 0. The predicted molar refractivity (Wildman–Crippen MR) is 66.3 cm³/mol. The van der Waals surface area contributed by atoms with E-state index in [4.69, 9.17) is 4.74 Å². The van der Waals surface area contributed by atoms with E-state index in [2.05, 4.69) is 10.2 Å². The summed E-state index contributed by atoms with van der Waals surface area (Å²) in [5.41, 5.74) is 0.0605. The third kappa shape index (κ3) is 2.79. The van der Waals surface area contributed by atoms with E-state index in [9.17, 15) is 9.18 Å². The van der Waals surface area contributed by atoms with Crippen LogP contribution in [0, 0.1) is 5.82 Å². The van der Waals surface area contributed by atoms with Gasteiger partial charge in [-0.1, -0.05) is 0 Å². The van der Waals surface area contributed by atoms with Crippen LogP contribution in [0.25, 0.3) is 0 Å². The van der Waals surface area contributed by atoms with Crippen LogP contribution in [-0.4, -0.2) is 44.1 Å². The molecule has 0 aliphatic carbocycles. The molecule has 1 unspecified atom stereocenters. The first-order valence-electron chi connectivity index (χ1n) is 5.93. The van der Waals surface area contributed by atoms with Crippen LogP contribution in [0.5, 0.6) is 5.75 Å². The van der Waals surface area contributed by atoms with Crippen LogP contribution >= 0.6 is 0 Å². The molecule has 1 aliphatic heterocycles. The van der Waals surface area contributed by atoms with Gasteiger partial charge in [0.1, 0.15) is 11.6 Å². The van der Waals surface area contributed by atoms with E-state index in [1.807, 2.05) is 7.05 Å². The fraction of sp³-hybridized carbons (Fsp3) is 0.462. The van der Waals surface area contributed by atoms with Crippen molar-refractivity contribution in [2.24, 2.45) is 0 Å². The molecular weight excluding hydrogens is 235 g/mol. The number of rotatable bonds is 3. The Bertz CT molecular complexity index is 451. The second-order valence-corrected chi connectivity index (χ2v) is 4.57. The zero-order chi connectivity index (χ0) is 13.1. The van der Waals surface area contributed by atoms with Gasteiger partial charge in [0.25, 0.3) is 5.91 Å². The van der Waals surface area contributed by atoms with Gasteiger partial charge in [-0.2, -0.15) is 0 Å². The number of halogens is 1. The van der Waals surface area contributed by atoms with Crippen molar-refractivity contribution in [1.82, 2.24) is 10.2 Å². The first kappa shape index (κ1) is 12.8. The smallest absolute Gasteiger partial charge is 0.254 e. The molecule has 1 saturated heterocycles. The largest absolute Gasteiger partial charge is 0.497 e. The maximum Gasteiger partial charge on any atom is 0.254 e. The normalized spacial score (nSPS) is 19.8. The third-order valence-corrected chi connectivity index (χ3v) is 3.15. The highest BCUT2D eigenvalue weighted by Crippen LogP contribution is 2.17. The molecule has 5 heteroatoms. The van der Waals surface area contributed by atoms with E-state index in [0.29, 0.717) is 5.75 Å². The Morgan fingerprint density at radius 1 is 1.56 bits per heavy atom. The van der Waals surface area contributed by atoms with Crippen LogP contribution < -0.4 is 10.1 Å². The lowest BCUT2D eigenvalue weighted by atomic mass is 10.1. The Hall–Kier alpha value is -1.62. The molecule has 0 saturated carbocycles. The van der Waals surface area contributed by atoms with Crippen molar-refractivity contribution in [1.29, 1.82) is 0 Å². The lowest BCUT2D eigenvalue weighted by Gasteiger charge is -2.13. The summed E-state index contributed by atoms with van der Waals surface area (Å²) in [5.74, 6) is -0.515. The minimum Gasteiger partial charge on any atom is -0.497 e. The first-order valence-corrected chi connectivity index (χ1v) is 5.93. The van der Waals surface area contributed by atoms with Gasteiger partial charge in [0.2, 0.25) is 0 Å². The molecule has 1 aromatic rings. The number of benzene rings is 1. The molecule has 0 aromatic heterocycles. The van der Waals surface area contributed by atoms with E-state index in [0.717, 1.165) is 19.5 Å². The molecule has 18 heavy (non-hydrogen) atoms. The molecule has 1 aliphatic rings. The highest BCUT2D eigenvalue weighted by molar-refractivity contribution is 5.94. The maximum atomic E-state index is 13.7. The summed E-state index contributed by atoms with van der Waals surface area (Å²) in [5, 5.41) is 2.84. The van der Waals surface area contributed by atoms with Gasteiger partial charge in [0, 0.05) is 18.7 Å². The van der Waals surface area contributed by atoms with Crippen molar-refractivity contribution in [2.45, 2.75) is 12.5 Å². The zero-order valence-corrected chi connectivity index (χ0v) is 10.6. The third-order valence-electron chi connectivity index (χ3n) is 3.15. The summed E-state index contributed by atoms with van der Waals surface area (Å²) in [6, 6.07) is 4.35. The fourth-order valence-corrected chi connectivity index (χ4v) is 2.12. The van der Waals surface area contributed by atoms with Gasteiger partial charge in [-0.25, -0.2) is 4.39 Å². The number of nitrogens with zero attached hydrogens (tertiary/aromatic N) is 1. The zero-order valence-electron chi connectivity index (χ0n) is 10.6. The number of nitrogens with one attached hydrogen (secondary N) is 1. The quantitative estimate of drug-likeness (QED) is 0.880. The Labute approximate surface area is 106 Å². The molecule has 0 bridgehead atoms. The summed E-state index contributed by atoms with van der Waals surface area (Å²) in [4.78, 5) is 14.1. The van der Waals surface area contributed by atoms with Crippen LogP contribution in [-0.2, 0) is 0 Å². The Morgan fingerprint density at radius 3 is 2.89 bits per heavy atom. The molecule has 98 valence electrons. The molecule has 1 amide bonds. The SMILES string of the molecule is COc1ccc(C(=O)NC2CCN(C)C2)c(F)c1. The van der Waals surface area contributed by atoms with Crippen molar-refractivity contribution < 1.29 is 13.9 Å². The Balaban J connectivity index is 2.04. The van der Waals surface area contributed by atoms with Crippen molar-refractivity contribution in [3.63, 3.8) is 0 Å². The number of hydrogen-bond acceptors (Lipinski definition) is 3. The van der Waals surface area contributed by atoms with Crippen LogP contribution in [0.1, 0.15) is 16.8 Å². The molecule has 4 nitrogen and oxygen atoms in total. The van der Waals surface area contributed by atoms with E-state index in [1.165, 1.54) is 19.2 Å². The van der Waals surface area contributed by atoms with Crippen molar-refractivity contribution in [3.05, 3.63) is 29.6 Å². The van der Waals surface area contributed by atoms with Crippen LogP contribution in [0.2, 0.25) is 0 Å². The van der Waals surface area contributed by atoms with Gasteiger partial charge in [-0.05, 0) is 32.1 Å². The molecule has 0 radical (unpaired) electrons. The molecule has 1 aromatic carbocycles. The monoisotopic (exact) mass is 252 g/mol. The van der Waals surface area contributed by atoms with E-state index in [-0.39, 0.29) is 17.5 Å². The standard InChI is InChI=1S/C13H17FN2O2/c1-16-6-5-9(8-16)15-13(17)11-4-3-10(18-2)7-12(11)14/h3-4,7,9H,5-6,8H2,1-2H3,(H,15,17). The second kappa shape index (κ2) is 5.35. The van der Waals surface area contributed by atoms with Crippen molar-refractivity contribution in [2.75, 3.05) is 27.2 Å². The van der Waals surface area contributed by atoms with Crippen LogP contribution in [0.15, 0.2) is 18.2 Å². The van der Waals surface area contributed by atoms with E-state index < -0.39 is 5.82 Å². The van der Waals surface area contributed by atoms with Crippen LogP contribution in [0.3, 0.4) is 0 Å². The highest BCUT2D eigenvalue weighted by Gasteiger charge is 2.22. The number of likely N-dealkylation sites (N-methyl/N-ethyl adjacent to an activating group) is 1. The van der Waals surface area contributed by atoms with Crippen molar-refractivity contribution >= 4 is 5.91 Å². The fourth-order valence-electron chi connectivity index (χ4n) is 2.12. The minimum absolute atomic E-state index is 0.0605. The number of methoxy groups -OCH3 is 1. The summed E-state index contributed by atoms with van der Waals surface area (Å²) in [7, 11) is 3.46. The average molecular weight is 252 g/mol. The molecule has 0 spiro atoms. The van der Waals surface area contributed by atoms with E-state index >= 15 is 0 Å². The second-order valence-electron chi connectivity index (χ2n) is 4.57. The lowest BCUT2D eigenvalue weighted by molar-refractivity contribution is 0.0934. The van der Waals surface area contributed by atoms with Gasteiger partial charge < -0.3 is 15.0 Å². The van der Waals surface area contributed by atoms with Gasteiger partial charge in [-0.15, -0.1) is 0 Å². The Morgan fingerprint density at radius 2 is 2.33 bits per heavy atom. The van der Waals surface area contributed by atoms with Gasteiger partial charge >= 0.3 is 0 Å². The molecule has 1 heterocycles. The maximum absolute atomic E-state index is 13.7. The van der Waals surface area contributed by atoms with Crippen molar-refractivity contribution in [3.8, 4) is 5.75 Å². The van der Waals surface area contributed by atoms with Crippen LogP contribution in [0.4, 0.5) is 4.39 Å². The summed E-state index contributed by atoms with van der Waals surface area (Å²) in [6.45, 7) is 1.76. The highest BCUT2D eigenvalue weighted by atomic mass is 19.1. The number of amides is 1. The number of carbonyl (C=O) groups is 1. The minimum atomic E-state index is -0.557. The van der Waals surface area contributed by atoms with Gasteiger partial charge in [0.05, 0.1) is 12.7 Å². The topological polar surface area (TPSA) is 41.6 Å². The molecule has 1 N–H and O–H groups in total. The summed E-state index contributed by atoms with van der Waals surface area (Å²) < 4.78 is 18.6. The average Bonchev–Trinajstić information content (AvgIpc) is 2.74. The predicted octanol–water partition coefficient (Wildman–Crippen LogP) is 1.27. The molecule has 2 rings (SSSR count).